The predicted octanol–water partition coefficient (Wildman–Crippen LogP) is -1.64. The minimum Gasteiger partial charge on any atom is -0.423 e. The molecule has 0 radical (unpaired) electrons. The molecule has 1 aromatic rings. The van der Waals surface area contributed by atoms with Gasteiger partial charge in [0, 0.05) is 18.8 Å². The lowest BCUT2D eigenvalue weighted by molar-refractivity contribution is 0.0733. The van der Waals surface area contributed by atoms with Crippen LogP contribution in [0.15, 0.2) is 24.3 Å². The molecule has 0 aliphatic carbocycles. The highest BCUT2D eigenvalue weighted by Gasteiger charge is 2.24. The maximum Gasteiger partial charge on any atom is 0.488 e. The number of nitrogens with zero attached hydrogens (tertiary/aromatic N) is 1. The van der Waals surface area contributed by atoms with Crippen molar-refractivity contribution in [3.05, 3.63) is 24.3 Å². The van der Waals surface area contributed by atoms with Crippen LogP contribution in [0, 0.1) is 0 Å². The van der Waals surface area contributed by atoms with Crippen LogP contribution in [0.5, 0.6) is 0 Å². The van der Waals surface area contributed by atoms with Gasteiger partial charge in [-0.25, -0.2) is 0 Å². The molecule has 7 nitrogen and oxygen atoms in total. The summed E-state index contributed by atoms with van der Waals surface area (Å²) in [6.45, 7) is 1.35. The van der Waals surface area contributed by atoms with Crippen LogP contribution in [-0.2, 0) is 14.9 Å². The molecule has 0 spiro atoms. The van der Waals surface area contributed by atoms with Gasteiger partial charge in [-0.3, -0.25) is 4.72 Å². The molecule has 0 saturated carbocycles. The average Bonchev–Trinajstić information content (AvgIpc) is 2.39. The molecule has 0 aromatic heterocycles. The summed E-state index contributed by atoms with van der Waals surface area (Å²) < 4.78 is 32.9. The first kappa shape index (κ1) is 14.3. The molecule has 1 saturated heterocycles. The molecule has 9 heteroatoms. The molecule has 19 heavy (non-hydrogen) atoms. The number of morpholine rings is 1. The molecule has 1 aromatic carbocycles. The number of hydrogen-bond acceptors (Lipinski definition) is 5. The first-order valence-electron chi connectivity index (χ1n) is 5.81. The minimum atomic E-state index is -3.64. The molecule has 0 bridgehead atoms. The summed E-state index contributed by atoms with van der Waals surface area (Å²) in [6.07, 6.45) is 0. The molecule has 1 aliphatic rings. The van der Waals surface area contributed by atoms with Crippen molar-refractivity contribution in [2.24, 2.45) is 0 Å². The maximum atomic E-state index is 12.1. The van der Waals surface area contributed by atoms with Gasteiger partial charge in [0.15, 0.2) is 0 Å². The normalized spacial score (nSPS) is 17.2. The predicted molar refractivity (Wildman–Crippen MR) is 71.2 cm³/mol. The minimum absolute atomic E-state index is 0.224. The summed E-state index contributed by atoms with van der Waals surface area (Å²) >= 11 is 0. The number of nitrogens with one attached hydrogen (secondary N) is 1. The van der Waals surface area contributed by atoms with E-state index < -0.39 is 17.3 Å². The smallest absolute Gasteiger partial charge is 0.423 e. The van der Waals surface area contributed by atoms with Crippen LogP contribution in [0.2, 0.25) is 0 Å². The first-order valence-corrected chi connectivity index (χ1v) is 7.25. The van der Waals surface area contributed by atoms with E-state index in [4.69, 9.17) is 14.8 Å². The van der Waals surface area contributed by atoms with E-state index in [1.165, 1.54) is 16.4 Å². The van der Waals surface area contributed by atoms with Gasteiger partial charge in [-0.15, -0.1) is 0 Å². The summed E-state index contributed by atoms with van der Waals surface area (Å²) in [5, 5.41) is 18.1. The van der Waals surface area contributed by atoms with Gasteiger partial charge in [-0.2, -0.15) is 12.7 Å². The first-order chi connectivity index (χ1) is 8.99. The van der Waals surface area contributed by atoms with Crippen molar-refractivity contribution in [3.63, 3.8) is 0 Å². The van der Waals surface area contributed by atoms with Gasteiger partial charge >= 0.3 is 17.3 Å². The number of anilines is 1. The Kier molecular flexibility index (Phi) is 4.43. The molecule has 1 aliphatic heterocycles. The fourth-order valence-corrected chi connectivity index (χ4v) is 2.95. The summed E-state index contributed by atoms with van der Waals surface area (Å²) in [5.74, 6) is 0. The Balaban J connectivity index is 2.13. The lowest BCUT2D eigenvalue weighted by Crippen LogP contribution is -2.43. The van der Waals surface area contributed by atoms with Crippen molar-refractivity contribution in [1.29, 1.82) is 0 Å². The number of hydrogen-bond donors (Lipinski definition) is 3. The summed E-state index contributed by atoms with van der Waals surface area (Å²) in [7, 11) is -5.27. The fraction of sp³-hybridized carbons (Fsp3) is 0.400. The lowest BCUT2D eigenvalue weighted by Gasteiger charge is -2.26. The van der Waals surface area contributed by atoms with Crippen molar-refractivity contribution in [2.45, 2.75) is 0 Å². The van der Waals surface area contributed by atoms with Crippen molar-refractivity contribution < 1.29 is 23.2 Å². The van der Waals surface area contributed by atoms with Gasteiger partial charge < -0.3 is 14.8 Å². The Morgan fingerprint density at radius 3 is 2.58 bits per heavy atom. The van der Waals surface area contributed by atoms with Crippen LogP contribution < -0.4 is 10.2 Å². The van der Waals surface area contributed by atoms with E-state index in [0.29, 0.717) is 26.3 Å². The van der Waals surface area contributed by atoms with E-state index in [1.54, 1.807) is 12.1 Å². The SMILES string of the molecule is O=S(=O)(Nc1cccc(B(O)O)c1)N1CCOCC1. The second kappa shape index (κ2) is 5.89. The Morgan fingerprint density at radius 1 is 1.26 bits per heavy atom. The van der Waals surface area contributed by atoms with E-state index in [1.807, 2.05) is 0 Å². The highest BCUT2D eigenvalue weighted by Crippen LogP contribution is 2.11. The zero-order valence-electron chi connectivity index (χ0n) is 10.2. The van der Waals surface area contributed by atoms with E-state index >= 15 is 0 Å². The van der Waals surface area contributed by atoms with Gasteiger partial charge in [0.25, 0.3) is 0 Å². The third-order valence-corrected chi connectivity index (χ3v) is 4.28. The van der Waals surface area contributed by atoms with Crippen LogP contribution in [0.3, 0.4) is 0 Å². The second-order valence-electron chi connectivity index (χ2n) is 4.12. The van der Waals surface area contributed by atoms with Crippen LogP contribution in [0.4, 0.5) is 5.69 Å². The Hall–Kier alpha value is -1.13. The quantitative estimate of drug-likeness (QED) is 0.576. The molecule has 0 amide bonds. The Morgan fingerprint density at radius 2 is 1.95 bits per heavy atom. The number of ether oxygens (including phenoxy) is 1. The van der Waals surface area contributed by atoms with Crippen molar-refractivity contribution in [1.82, 2.24) is 4.31 Å². The second-order valence-corrected chi connectivity index (χ2v) is 5.79. The largest absolute Gasteiger partial charge is 0.488 e. The Bertz CT molecular complexity index is 530. The van der Waals surface area contributed by atoms with Crippen molar-refractivity contribution >= 4 is 28.5 Å². The number of rotatable bonds is 4. The summed E-state index contributed by atoms with van der Waals surface area (Å²) in [6, 6.07) is 5.97. The zero-order chi connectivity index (χ0) is 13.9. The molecular formula is C10H15BN2O5S. The van der Waals surface area contributed by atoms with Crippen LogP contribution in [0.25, 0.3) is 0 Å². The third kappa shape index (κ3) is 3.67. The molecule has 3 N–H and O–H groups in total. The van der Waals surface area contributed by atoms with Gasteiger partial charge in [0.2, 0.25) is 0 Å². The molecular weight excluding hydrogens is 271 g/mol. The van der Waals surface area contributed by atoms with E-state index in [-0.39, 0.29) is 11.2 Å². The van der Waals surface area contributed by atoms with Crippen molar-refractivity contribution in [2.75, 3.05) is 31.0 Å². The summed E-state index contributed by atoms with van der Waals surface area (Å²) in [4.78, 5) is 0. The van der Waals surface area contributed by atoms with Gasteiger partial charge in [0.05, 0.1) is 13.2 Å². The number of benzene rings is 1. The van der Waals surface area contributed by atoms with Crippen LogP contribution in [-0.4, -0.2) is 56.2 Å². The molecule has 104 valence electrons. The molecule has 1 fully saturated rings. The maximum absolute atomic E-state index is 12.1. The monoisotopic (exact) mass is 286 g/mol. The van der Waals surface area contributed by atoms with Crippen molar-refractivity contribution in [3.8, 4) is 0 Å². The average molecular weight is 286 g/mol. The van der Waals surface area contributed by atoms with E-state index in [9.17, 15) is 8.42 Å². The van der Waals surface area contributed by atoms with E-state index in [2.05, 4.69) is 4.72 Å². The Labute approximate surface area is 112 Å². The molecule has 0 unspecified atom stereocenters. The topological polar surface area (TPSA) is 99.1 Å². The molecule has 1 heterocycles. The zero-order valence-corrected chi connectivity index (χ0v) is 11.0. The third-order valence-electron chi connectivity index (χ3n) is 2.74. The van der Waals surface area contributed by atoms with Gasteiger partial charge in [-0.05, 0) is 17.6 Å². The van der Waals surface area contributed by atoms with Crippen LogP contribution >= 0.6 is 0 Å². The standard InChI is InChI=1S/C10H15BN2O5S/c14-11(15)9-2-1-3-10(8-9)12-19(16,17)13-4-6-18-7-5-13/h1-3,8,12,14-15H,4-7H2. The molecule has 0 atom stereocenters. The highest BCUT2D eigenvalue weighted by atomic mass is 32.2. The fourth-order valence-electron chi connectivity index (χ4n) is 1.76. The van der Waals surface area contributed by atoms with E-state index in [0.717, 1.165) is 0 Å². The van der Waals surface area contributed by atoms with Crippen LogP contribution in [0.1, 0.15) is 0 Å². The molecule has 2 rings (SSSR count). The van der Waals surface area contributed by atoms with Gasteiger partial charge in [-0.1, -0.05) is 12.1 Å². The highest BCUT2D eigenvalue weighted by molar-refractivity contribution is 7.90. The summed E-state index contributed by atoms with van der Waals surface area (Å²) in [5.41, 5.74) is 0.513. The van der Waals surface area contributed by atoms with Gasteiger partial charge in [0.1, 0.15) is 0 Å². The lowest BCUT2D eigenvalue weighted by atomic mass is 9.80.